The average molecular weight is 404 g/mol. The number of carbonyl (C=O) groups is 1. The molecule has 0 aliphatic heterocycles. The number of halogens is 1. The molecular formula is C22H21FN6O. The van der Waals surface area contributed by atoms with E-state index in [1.165, 1.54) is 10.7 Å². The number of hydrogen-bond acceptors (Lipinski definition) is 4. The number of amides is 1. The average Bonchev–Trinajstić information content (AvgIpc) is 3.30. The fourth-order valence-electron chi connectivity index (χ4n) is 3.63. The third kappa shape index (κ3) is 3.45. The second-order valence-corrected chi connectivity index (χ2v) is 7.72. The van der Waals surface area contributed by atoms with Gasteiger partial charge in [0.2, 0.25) is 0 Å². The molecule has 1 atom stereocenters. The molecule has 0 saturated heterocycles. The number of carbonyl (C=O) groups excluding carboxylic acids is 1. The zero-order valence-corrected chi connectivity index (χ0v) is 16.5. The molecule has 0 bridgehead atoms. The summed E-state index contributed by atoms with van der Waals surface area (Å²) in [5.41, 5.74) is 2.17. The van der Waals surface area contributed by atoms with Gasteiger partial charge in [-0.05, 0) is 44.0 Å². The van der Waals surface area contributed by atoms with E-state index in [0.29, 0.717) is 34.7 Å². The number of pyridine rings is 1. The van der Waals surface area contributed by atoms with Gasteiger partial charge < -0.3 is 5.32 Å². The van der Waals surface area contributed by atoms with Crippen LogP contribution in [-0.4, -0.2) is 36.5 Å². The van der Waals surface area contributed by atoms with Crippen molar-refractivity contribution in [1.29, 1.82) is 0 Å². The van der Waals surface area contributed by atoms with Crippen molar-refractivity contribution in [2.24, 2.45) is 0 Å². The summed E-state index contributed by atoms with van der Waals surface area (Å²) in [5, 5.41) is 12.2. The van der Waals surface area contributed by atoms with E-state index >= 15 is 0 Å². The maximum Gasteiger partial charge on any atom is 0.252 e. The number of hydrogen-bond donors (Lipinski definition) is 1. The molecule has 1 fully saturated rings. The summed E-state index contributed by atoms with van der Waals surface area (Å²) in [4.78, 5) is 17.9. The molecule has 0 radical (unpaired) electrons. The normalized spacial score (nSPS) is 14.7. The molecule has 4 aromatic rings. The van der Waals surface area contributed by atoms with Crippen LogP contribution in [0.25, 0.3) is 16.7 Å². The zero-order chi connectivity index (χ0) is 20.7. The van der Waals surface area contributed by atoms with Crippen molar-refractivity contribution < 1.29 is 9.18 Å². The molecule has 30 heavy (non-hydrogen) atoms. The first-order valence-electron chi connectivity index (χ1n) is 10.0. The van der Waals surface area contributed by atoms with Crippen molar-refractivity contribution in [2.75, 3.05) is 0 Å². The lowest BCUT2D eigenvalue weighted by Gasteiger charge is -2.15. The quantitative estimate of drug-likeness (QED) is 0.534. The highest BCUT2D eigenvalue weighted by molar-refractivity contribution is 6.05. The van der Waals surface area contributed by atoms with Crippen molar-refractivity contribution in [2.45, 2.75) is 38.3 Å². The molecule has 1 aromatic carbocycles. The van der Waals surface area contributed by atoms with Crippen LogP contribution in [0.1, 0.15) is 41.7 Å². The van der Waals surface area contributed by atoms with Crippen LogP contribution in [0.15, 0.2) is 55.0 Å². The number of nitrogens with zero attached hydrogens (tertiary/aromatic N) is 5. The van der Waals surface area contributed by atoms with Crippen molar-refractivity contribution in [3.63, 3.8) is 0 Å². The zero-order valence-electron chi connectivity index (χ0n) is 16.5. The van der Waals surface area contributed by atoms with Crippen molar-refractivity contribution in [3.05, 3.63) is 72.1 Å². The SMILES string of the molecule is C[C@H](Cn1cccn1)NC(=O)c1cc(C2CC2)nc2c1cnn2-c1ccccc1F. The Bertz CT molecular complexity index is 1210. The maximum absolute atomic E-state index is 14.4. The first-order chi connectivity index (χ1) is 14.6. The van der Waals surface area contributed by atoms with Crippen molar-refractivity contribution in [3.8, 4) is 5.69 Å². The lowest BCUT2D eigenvalue weighted by atomic mass is 10.1. The highest BCUT2D eigenvalue weighted by Crippen LogP contribution is 2.40. The molecule has 0 spiro atoms. The summed E-state index contributed by atoms with van der Waals surface area (Å²) in [7, 11) is 0. The second-order valence-electron chi connectivity index (χ2n) is 7.72. The van der Waals surface area contributed by atoms with Crippen molar-refractivity contribution in [1.82, 2.24) is 29.9 Å². The molecule has 152 valence electrons. The lowest BCUT2D eigenvalue weighted by molar-refractivity contribution is 0.0937. The lowest BCUT2D eigenvalue weighted by Crippen LogP contribution is -2.36. The Kier molecular flexibility index (Phi) is 4.54. The second kappa shape index (κ2) is 7.37. The van der Waals surface area contributed by atoms with Crippen LogP contribution in [-0.2, 0) is 6.54 Å². The molecular weight excluding hydrogens is 383 g/mol. The van der Waals surface area contributed by atoms with Crippen LogP contribution in [0.3, 0.4) is 0 Å². The molecule has 8 heteroatoms. The van der Waals surface area contributed by atoms with E-state index in [-0.39, 0.29) is 17.8 Å². The standard InChI is InChI=1S/C22H21FN6O/c1-14(13-28-10-4-9-24-28)26-22(30)16-11-19(15-7-8-15)27-21-17(16)12-25-29(21)20-6-3-2-5-18(20)23/h2-6,9-12,14-15H,7-8,13H2,1H3,(H,26,30)/t14-/m1/s1. The van der Waals surface area contributed by atoms with E-state index < -0.39 is 0 Å². The molecule has 1 aliphatic carbocycles. The summed E-state index contributed by atoms with van der Waals surface area (Å²) in [6.45, 7) is 2.50. The highest BCUT2D eigenvalue weighted by atomic mass is 19.1. The summed E-state index contributed by atoms with van der Waals surface area (Å²) in [6.07, 6.45) is 7.24. The number of para-hydroxylation sites is 1. The van der Waals surface area contributed by atoms with Crippen LogP contribution in [0.4, 0.5) is 4.39 Å². The van der Waals surface area contributed by atoms with Crippen LogP contribution in [0.2, 0.25) is 0 Å². The van der Waals surface area contributed by atoms with E-state index in [4.69, 9.17) is 4.98 Å². The van der Waals surface area contributed by atoms with Gasteiger partial charge in [-0.1, -0.05) is 12.1 Å². The predicted octanol–water partition coefficient (Wildman–Crippen LogP) is 3.45. The van der Waals surface area contributed by atoms with Gasteiger partial charge in [-0.15, -0.1) is 0 Å². The monoisotopic (exact) mass is 404 g/mol. The molecule has 3 aromatic heterocycles. The van der Waals surface area contributed by atoms with Crippen LogP contribution in [0.5, 0.6) is 0 Å². The van der Waals surface area contributed by atoms with Gasteiger partial charge in [0.1, 0.15) is 11.5 Å². The third-order valence-electron chi connectivity index (χ3n) is 5.28. The van der Waals surface area contributed by atoms with Gasteiger partial charge in [-0.2, -0.15) is 10.2 Å². The topological polar surface area (TPSA) is 77.6 Å². The summed E-state index contributed by atoms with van der Waals surface area (Å²) in [5.74, 6) is -0.247. The van der Waals surface area contributed by atoms with E-state index in [1.807, 2.05) is 25.3 Å². The Labute approximate surface area is 172 Å². The predicted molar refractivity (Wildman–Crippen MR) is 110 cm³/mol. The van der Waals surface area contributed by atoms with Gasteiger partial charge in [-0.25, -0.2) is 14.1 Å². The molecule has 1 N–H and O–H groups in total. The Morgan fingerprint density at radius 1 is 1.27 bits per heavy atom. The van der Waals surface area contributed by atoms with Crippen LogP contribution in [0, 0.1) is 5.82 Å². The fourth-order valence-corrected chi connectivity index (χ4v) is 3.63. The smallest absolute Gasteiger partial charge is 0.252 e. The minimum atomic E-state index is -0.389. The van der Waals surface area contributed by atoms with E-state index in [0.717, 1.165) is 18.5 Å². The number of nitrogens with one attached hydrogen (secondary N) is 1. The third-order valence-corrected chi connectivity index (χ3v) is 5.28. The molecule has 3 heterocycles. The van der Waals surface area contributed by atoms with Gasteiger partial charge in [0.15, 0.2) is 5.65 Å². The van der Waals surface area contributed by atoms with Gasteiger partial charge in [-0.3, -0.25) is 9.48 Å². The number of rotatable bonds is 6. The fraction of sp³-hybridized carbons (Fsp3) is 0.273. The molecule has 1 amide bonds. The Hall–Kier alpha value is -3.55. The van der Waals surface area contributed by atoms with Gasteiger partial charge in [0.05, 0.1) is 23.7 Å². The molecule has 5 rings (SSSR count). The first kappa shape index (κ1) is 18.5. The molecule has 1 saturated carbocycles. The maximum atomic E-state index is 14.4. The van der Waals surface area contributed by atoms with Crippen LogP contribution >= 0.6 is 0 Å². The minimum absolute atomic E-state index is 0.119. The van der Waals surface area contributed by atoms with E-state index in [1.54, 1.807) is 35.3 Å². The highest BCUT2D eigenvalue weighted by Gasteiger charge is 2.28. The molecule has 7 nitrogen and oxygen atoms in total. The number of benzene rings is 1. The van der Waals surface area contributed by atoms with Crippen molar-refractivity contribution >= 4 is 16.9 Å². The van der Waals surface area contributed by atoms with Gasteiger partial charge >= 0.3 is 0 Å². The molecule has 0 unspecified atom stereocenters. The Balaban J connectivity index is 1.53. The summed E-state index contributed by atoms with van der Waals surface area (Å²) < 4.78 is 17.6. The Morgan fingerprint density at radius 3 is 2.83 bits per heavy atom. The van der Waals surface area contributed by atoms with E-state index in [9.17, 15) is 9.18 Å². The van der Waals surface area contributed by atoms with Gasteiger partial charge in [0.25, 0.3) is 5.91 Å². The number of aromatic nitrogens is 5. The number of fused-ring (bicyclic) bond motifs is 1. The summed E-state index contributed by atoms with van der Waals surface area (Å²) in [6, 6.07) is 10.0. The van der Waals surface area contributed by atoms with Gasteiger partial charge in [0, 0.05) is 30.0 Å². The van der Waals surface area contributed by atoms with Crippen LogP contribution < -0.4 is 5.32 Å². The largest absolute Gasteiger partial charge is 0.348 e. The minimum Gasteiger partial charge on any atom is -0.348 e. The van der Waals surface area contributed by atoms with E-state index in [2.05, 4.69) is 15.5 Å². The Morgan fingerprint density at radius 2 is 2.10 bits per heavy atom. The first-order valence-corrected chi connectivity index (χ1v) is 10.0. The molecule has 1 aliphatic rings. The summed E-state index contributed by atoms with van der Waals surface area (Å²) >= 11 is 0.